The van der Waals surface area contributed by atoms with Crippen LogP contribution in [0, 0.1) is 16.0 Å². The Labute approximate surface area is 120 Å². The summed E-state index contributed by atoms with van der Waals surface area (Å²) in [7, 11) is 0. The fraction of sp³-hybridized carbons (Fsp3) is 0.429. The van der Waals surface area contributed by atoms with E-state index in [1.807, 2.05) is 32.0 Å². The molecule has 102 valence electrons. The second kappa shape index (κ2) is 5.74. The number of hydrogen-bond acceptors (Lipinski definition) is 3. The fourth-order valence-corrected chi connectivity index (χ4v) is 2.77. The Bertz CT molecular complexity index is 523. The van der Waals surface area contributed by atoms with Crippen molar-refractivity contribution in [1.29, 1.82) is 0 Å². The maximum atomic E-state index is 11.2. The zero-order chi connectivity index (χ0) is 14.0. The van der Waals surface area contributed by atoms with Crippen molar-refractivity contribution in [3.8, 4) is 5.75 Å². The predicted molar refractivity (Wildman–Crippen MR) is 77.6 cm³/mol. The van der Waals surface area contributed by atoms with Gasteiger partial charge in [-0.05, 0) is 31.0 Å². The van der Waals surface area contributed by atoms with E-state index in [-0.39, 0.29) is 16.5 Å². The highest BCUT2D eigenvalue weighted by Crippen LogP contribution is 2.35. The van der Waals surface area contributed by atoms with Gasteiger partial charge in [-0.25, -0.2) is 0 Å². The number of hydrogen-bond donors (Lipinski definition) is 0. The molecule has 4 nitrogen and oxygen atoms in total. The SMILES string of the molecule is CCC(CC)C1Oc2ccc(Br)cc2C=C1[N+](=O)[O-]. The maximum Gasteiger partial charge on any atom is 0.287 e. The molecule has 1 aliphatic rings. The van der Waals surface area contributed by atoms with Gasteiger partial charge in [0, 0.05) is 22.0 Å². The van der Waals surface area contributed by atoms with Gasteiger partial charge in [0.15, 0.2) is 6.10 Å². The quantitative estimate of drug-likeness (QED) is 0.613. The van der Waals surface area contributed by atoms with Crippen LogP contribution in [0.4, 0.5) is 0 Å². The van der Waals surface area contributed by atoms with E-state index in [0.717, 1.165) is 22.9 Å². The van der Waals surface area contributed by atoms with E-state index in [1.165, 1.54) is 0 Å². The molecular weight excluding hydrogens is 310 g/mol. The molecule has 1 aromatic rings. The molecule has 0 amide bonds. The molecule has 0 bridgehead atoms. The van der Waals surface area contributed by atoms with E-state index < -0.39 is 6.10 Å². The highest BCUT2D eigenvalue weighted by Gasteiger charge is 2.36. The Balaban J connectivity index is 2.45. The third kappa shape index (κ3) is 2.81. The Morgan fingerprint density at radius 1 is 1.42 bits per heavy atom. The van der Waals surface area contributed by atoms with Crippen molar-refractivity contribution in [3.63, 3.8) is 0 Å². The Morgan fingerprint density at radius 2 is 2.11 bits per heavy atom. The number of nitrogens with zero attached hydrogens (tertiary/aromatic N) is 1. The lowest BCUT2D eigenvalue weighted by molar-refractivity contribution is -0.435. The minimum absolute atomic E-state index is 0.152. The summed E-state index contributed by atoms with van der Waals surface area (Å²) in [6.07, 6.45) is 2.89. The molecule has 5 heteroatoms. The fourth-order valence-electron chi connectivity index (χ4n) is 2.39. The molecule has 1 aliphatic heterocycles. The van der Waals surface area contributed by atoms with Crippen LogP contribution in [0.3, 0.4) is 0 Å². The number of fused-ring (bicyclic) bond motifs is 1. The minimum Gasteiger partial charge on any atom is -0.478 e. The molecule has 0 N–H and O–H groups in total. The van der Waals surface area contributed by atoms with Gasteiger partial charge in [-0.15, -0.1) is 0 Å². The van der Waals surface area contributed by atoms with Crippen LogP contribution in [0.25, 0.3) is 6.08 Å². The van der Waals surface area contributed by atoms with Gasteiger partial charge >= 0.3 is 0 Å². The highest BCUT2D eigenvalue weighted by atomic mass is 79.9. The molecule has 1 heterocycles. The van der Waals surface area contributed by atoms with Crippen molar-refractivity contribution in [2.45, 2.75) is 32.8 Å². The van der Waals surface area contributed by atoms with E-state index in [9.17, 15) is 10.1 Å². The van der Waals surface area contributed by atoms with Crippen molar-refractivity contribution >= 4 is 22.0 Å². The first-order valence-electron chi connectivity index (χ1n) is 6.39. The maximum absolute atomic E-state index is 11.2. The Hall–Kier alpha value is -1.36. The monoisotopic (exact) mass is 325 g/mol. The second-order valence-corrected chi connectivity index (χ2v) is 5.54. The zero-order valence-electron chi connectivity index (χ0n) is 10.9. The molecule has 1 atom stereocenters. The third-order valence-corrected chi connectivity index (χ3v) is 4.00. The largest absolute Gasteiger partial charge is 0.478 e. The summed E-state index contributed by atoms with van der Waals surface area (Å²) in [5.41, 5.74) is 0.905. The first-order chi connectivity index (χ1) is 9.06. The summed E-state index contributed by atoms with van der Waals surface area (Å²) in [6.45, 7) is 4.07. The molecule has 0 aromatic heterocycles. The molecule has 19 heavy (non-hydrogen) atoms. The van der Waals surface area contributed by atoms with Gasteiger partial charge in [0.25, 0.3) is 5.70 Å². The summed E-state index contributed by atoms with van der Waals surface area (Å²) in [4.78, 5) is 10.9. The molecule has 0 spiro atoms. The average Bonchev–Trinajstić information content (AvgIpc) is 2.39. The molecule has 1 aromatic carbocycles. The van der Waals surface area contributed by atoms with Crippen molar-refractivity contribution in [1.82, 2.24) is 0 Å². The first kappa shape index (κ1) is 14.1. The van der Waals surface area contributed by atoms with Crippen molar-refractivity contribution in [2.75, 3.05) is 0 Å². The van der Waals surface area contributed by atoms with Crippen LogP contribution in [0.2, 0.25) is 0 Å². The van der Waals surface area contributed by atoms with Gasteiger partial charge in [-0.3, -0.25) is 10.1 Å². The standard InChI is InChI=1S/C14H16BrNO3/c1-3-9(4-2)14-12(16(17)18)8-10-7-11(15)5-6-13(10)19-14/h5-9,14H,3-4H2,1-2H3. The highest BCUT2D eigenvalue weighted by molar-refractivity contribution is 9.10. The van der Waals surface area contributed by atoms with Crippen LogP contribution in [0.5, 0.6) is 5.75 Å². The van der Waals surface area contributed by atoms with Crippen molar-refractivity contribution in [2.24, 2.45) is 5.92 Å². The van der Waals surface area contributed by atoms with Crippen LogP contribution in [-0.2, 0) is 0 Å². The Kier molecular flexibility index (Phi) is 4.24. The summed E-state index contributed by atoms with van der Waals surface area (Å²) < 4.78 is 6.76. The molecule has 0 radical (unpaired) electrons. The van der Waals surface area contributed by atoms with Crippen molar-refractivity contribution in [3.05, 3.63) is 44.0 Å². The first-order valence-corrected chi connectivity index (χ1v) is 7.18. The van der Waals surface area contributed by atoms with Crippen LogP contribution < -0.4 is 4.74 Å². The molecule has 1 unspecified atom stereocenters. The summed E-state index contributed by atoms with van der Waals surface area (Å²) in [5.74, 6) is 0.874. The van der Waals surface area contributed by atoms with Crippen LogP contribution in [0.15, 0.2) is 28.4 Å². The number of ether oxygens (including phenoxy) is 1. The van der Waals surface area contributed by atoms with Crippen molar-refractivity contribution < 1.29 is 9.66 Å². The predicted octanol–water partition coefficient (Wildman–Crippen LogP) is 4.26. The second-order valence-electron chi connectivity index (χ2n) is 4.62. The third-order valence-electron chi connectivity index (χ3n) is 3.51. The van der Waals surface area contributed by atoms with Crippen LogP contribution >= 0.6 is 15.9 Å². The summed E-state index contributed by atoms with van der Waals surface area (Å²) >= 11 is 3.36. The minimum atomic E-state index is -0.460. The molecule has 0 saturated carbocycles. The zero-order valence-corrected chi connectivity index (χ0v) is 12.5. The van der Waals surface area contributed by atoms with E-state index in [2.05, 4.69) is 15.9 Å². The van der Waals surface area contributed by atoms with Gasteiger partial charge in [0.2, 0.25) is 0 Å². The number of benzene rings is 1. The van der Waals surface area contributed by atoms with Crippen LogP contribution in [0.1, 0.15) is 32.3 Å². The molecule has 0 aliphatic carbocycles. The van der Waals surface area contributed by atoms with Crippen LogP contribution in [-0.4, -0.2) is 11.0 Å². The number of nitro groups is 1. The number of rotatable bonds is 4. The lowest BCUT2D eigenvalue weighted by Gasteiger charge is -2.27. The van der Waals surface area contributed by atoms with Gasteiger partial charge in [0.1, 0.15) is 5.75 Å². The van der Waals surface area contributed by atoms with Gasteiger partial charge < -0.3 is 4.74 Å². The average molecular weight is 326 g/mol. The van der Waals surface area contributed by atoms with Gasteiger partial charge in [0.05, 0.1) is 4.92 Å². The van der Waals surface area contributed by atoms with E-state index in [4.69, 9.17) is 4.74 Å². The summed E-state index contributed by atoms with van der Waals surface area (Å²) in [5, 5.41) is 11.2. The molecule has 0 saturated heterocycles. The topological polar surface area (TPSA) is 52.4 Å². The normalized spacial score (nSPS) is 17.7. The Morgan fingerprint density at radius 3 is 2.68 bits per heavy atom. The van der Waals surface area contributed by atoms with Gasteiger partial charge in [-0.1, -0.05) is 29.8 Å². The van der Waals surface area contributed by atoms with E-state index in [0.29, 0.717) is 5.75 Å². The lowest BCUT2D eigenvalue weighted by atomic mass is 9.91. The smallest absolute Gasteiger partial charge is 0.287 e. The molecular formula is C14H16BrNO3. The lowest BCUT2D eigenvalue weighted by Crippen LogP contribution is -2.33. The van der Waals surface area contributed by atoms with Gasteiger partial charge in [-0.2, -0.15) is 0 Å². The van der Waals surface area contributed by atoms with E-state index in [1.54, 1.807) is 6.08 Å². The molecule has 2 rings (SSSR count). The summed E-state index contributed by atoms with van der Waals surface area (Å²) in [6, 6.07) is 5.57. The molecule has 0 fully saturated rings. The number of halogens is 1. The van der Waals surface area contributed by atoms with E-state index >= 15 is 0 Å².